The van der Waals surface area contributed by atoms with Crippen LogP contribution in [0.25, 0.3) is 0 Å². The van der Waals surface area contributed by atoms with Crippen LogP contribution in [-0.4, -0.2) is 17.0 Å². The second-order valence-corrected chi connectivity index (χ2v) is 3.37. The van der Waals surface area contributed by atoms with Crippen LogP contribution >= 0.6 is 0 Å². The quantitative estimate of drug-likeness (QED) is 0.374. The van der Waals surface area contributed by atoms with E-state index in [4.69, 9.17) is 22.0 Å². The van der Waals surface area contributed by atoms with E-state index in [1.807, 2.05) is 0 Å². The minimum atomic E-state index is -0.932. The number of carboxylic acids is 1. The fourth-order valence-electron chi connectivity index (χ4n) is 1.28. The molecule has 0 aliphatic rings. The molecule has 16 heavy (non-hydrogen) atoms. The number of nitrogens with two attached hydrogens (primary N) is 2. The van der Waals surface area contributed by atoms with Gasteiger partial charge in [-0.2, -0.15) is 0 Å². The monoisotopic (exact) mass is 222 g/mol. The van der Waals surface area contributed by atoms with Gasteiger partial charge in [0.2, 0.25) is 0 Å². The average Bonchev–Trinajstić information content (AvgIpc) is 2.16. The number of carbonyl (C=O) groups is 1. The molecule has 0 aliphatic heterocycles. The van der Waals surface area contributed by atoms with Crippen molar-refractivity contribution in [3.63, 3.8) is 0 Å². The molecule has 0 amide bonds. The van der Waals surface area contributed by atoms with Crippen molar-refractivity contribution in [2.24, 2.45) is 11.5 Å². The van der Waals surface area contributed by atoms with Crippen molar-refractivity contribution in [3.05, 3.63) is 29.8 Å². The Morgan fingerprint density at radius 1 is 1.44 bits per heavy atom. The summed E-state index contributed by atoms with van der Waals surface area (Å²) in [6.07, 6.45) is -0.112. The van der Waals surface area contributed by atoms with Gasteiger partial charge >= 0.3 is 5.97 Å². The average molecular weight is 222 g/mol. The second-order valence-electron chi connectivity index (χ2n) is 3.37. The van der Waals surface area contributed by atoms with Crippen LogP contribution in [0.15, 0.2) is 24.3 Å². The van der Waals surface area contributed by atoms with Crippen LogP contribution in [0.4, 0.5) is 5.69 Å². The van der Waals surface area contributed by atoms with Gasteiger partial charge in [-0.25, -0.2) is 0 Å². The topological polar surface area (TPSA) is 125 Å². The molecule has 0 aromatic heterocycles. The van der Waals surface area contributed by atoms with Gasteiger partial charge in [0.15, 0.2) is 5.96 Å². The summed E-state index contributed by atoms with van der Waals surface area (Å²) in [6, 6.07) is 6.28. The van der Waals surface area contributed by atoms with E-state index in [1.165, 1.54) is 0 Å². The van der Waals surface area contributed by atoms with Gasteiger partial charge in [0.25, 0.3) is 0 Å². The third-order valence-electron chi connectivity index (χ3n) is 2.01. The van der Waals surface area contributed by atoms with Crippen molar-refractivity contribution in [2.75, 3.05) is 5.32 Å². The Labute approximate surface area is 92.8 Å². The van der Waals surface area contributed by atoms with Gasteiger partial charge < -0.3 is 21.9 Å². The predicted octanol–water partition coefficient (Wildman–Crippen LogP) is 0.466. The molecule has 6 nitrogen and oxygen atoms in total. The Balaban J connectivity index is 2.70. The molecule has 1 unspecified atom stereocenters. The third-order valence-corrected chi connectivity index (χ3v) is 2.01. The van der Waals surface area contributed by atoms with Crippen LogP contribution in [0.5, 0.6) is 0 Å². The zero-order valence-corrected chi connectivity index (χ0v) is 8.60. The molecule has 0 fully saturated rings. The molecule has 0 radical (unpaired) electrons. The Kier molecular flexibility index (Phi) is 3.84. The Morgan fingerprint density at radius 3 is 2.44 bits per heavy atom. The lowest BCUT2D eigenvalue weighted by Crippen LogP contribution is -2.20. The van der Waals surface area contributed by atoms with Gasteiger partial charge in [0.05, 0.1) is 6.42 Å². The Bertz CT molecular complexity index is 388. The second kappa shape index (κ2) is 5.13. The lowest BCUT2D eigenvalue weighted by Gasteiger charge is -2.10. The molecule has 0 heterocycles. The van der Waals surface area contributed by atoms with Gasteiger partial charge in [0, 0.05) is 11.7 Å². The van der Waals surface area contributed by atoms with Crippen molar-refractivity contribution in [1.82, 2.24) is 0 Å². The molecule has 1 rings (SSSR count). The van der Waals surface area contributed by atoms with Gasteiger partial charge in [-0.15, -0.1) is 0 Å². The molecule has 86 valence electrons. The molecule has 7 N–H and O–H groups in total. The Hall–Kier alpha value is -2.08. The summed E-state index contributed by atoms with van der Waals surface area (Å²) < 4.78 is 0. The molecule has 0 spiro atoms. The number of rotatable bonds is 4. The van der Waals surface area contributed by atoms with Gasteiger partial charge in [-0.3, -0.25) is 10.2 Å². The SMILES string of the molecule is N=C(N)Nc1ccc(C(N)CC(=O)O)cc1. The normalized spacial score (nSPS) is 11.8. The first-order valence-corrected chi connectivity index (χ1v) is 4.67. The van der Waals surface area contributed by atoms with Crippen LogP contribution < -0.4 is 16.8 Å². The first-order valence-electron chi connectivity index (χ1n) is 4.67. The summed E-state index contributed by atoms with van der Waals surface area (Å²) >= 11 is 0. The highest BCUT2D eigenvalue weighted by Gasteiger charge is 2.10. The smallest absolute Gasteiger partial charge is 0.305 e. The van der Waals surface area contributed by atoms with Crippen LogP contribution in [0, 0.1) is 5.41 Å². The number of benzene rings is 1. The van der Waals surface area contributed by atoms with Crippen molar-refractivity contribution >= 4 is 17.6 Å². The summed E-state index contributed by atoms with van der Waals surface area (Å²) in [6.45, 7) is 0. The van der Waals surface area contributed by atoms with Crippen molar-refractivity contribution in [1.29, 1.82) is 5.41 Å². The summed E-state index contributed by atoms with van der Waals surface area (Å²) in [5.74, 6) is -1.08. The minimum absolute atomic E-state index is 0.112. The van der Waals surface area contributed by atoms with Crippen molar-refractivity contribution in [3.8, 4) is 0 Å². The molecule has 0 aliphatic carbocycles. The van der Waals surface area contributed by atoms with Crippen LogP contribution in [0.2, 0.25) is 0 Å². The summed E-state index contributed by atoms with van der Waals surface area (Å²) in [5, 5.41) is 18.2. The summed E-state index contributed by atoms with van der Waals surface area (Å²) in [5.41, 5.74) is 12.2. The van der Waals surface area contributed by atoms with Gasteiger partial charge in [-0.05, 0) is 17.7 Å². The fourth-order valence-corrected chi connectivity index (χ4v) is 1.28. The summed E-state index contributed by atoms with van der Waals surface area (Å²) in [4.78, 5) is 10.5. The highest BCUT2D eigenvalue weighted by atomic mass is 16.4. The number of anilines is 1. The van der Waals surface area contributed by atoms with E-state index in [2.05, 4.69) is 5.32 Å². The van der Waals surface area contributed by atoms with Gasteiger partial charge in [-0.1, -0.05) is 12.1 Å². The van der Waals surface area contributed by atoms with Crippen LogP contribution in [0.3, 0.4) is 0 Å². The van der Waals surface area contributed by atoms with E-state index in [0.717, 1.165) is 5.56 Å². The minimum Gasteiger partial charge on any atom is -0.481 e. The van der Waals surface area contributed by atoms with Crippen molar-refractivity contribution in [2.45, 2.75) is 12.5 Å². The number of hydrogen-bond donors (Lipinski definition) is 5. The fraction of sp³-hybridized carbons (Fsp3) is 0.200. The first kappa shape index (κ1) is 12.0. The number of guanidine groups is 1. The molecule has 6 heteroatoms. The standard InChI is InChI=1S/C10H14N4O2/c11-8(5-9(15)16)6-1-3-7(4-2-6)14-10(12)13/h1-4,8H,5,11H2,(H,15,16)(H4,12,13,14). The highest BCUT2D eigenvalue weighted by Crippen LogP contribution is 2.16. The molecule has 1 aromatic carbocycles. The molecule has 0 bridgehead atoms. The zero-order chi connectivity index (χ0) is 12.1. The van der Waals surface area contributed by atoms with E-state index < -0.39 is 12.0 Å². The van der Waals surface area contributed by atoms with E-state index in [9.17, 15) is 4.79 Å². The largest absolute Gasteiger partial charge is 0.481 e. The highest BCUT2D eigenvalue weighted by molar-refractivity contribution is 5.89. The number of carboxylic acid groups (broad SMARTS) is 1. The number of hydrogen-bond acceptors (Lipinski definition) is 3. The van der Waals surface area contributed by atoms with E-state index >= 15 is 0 Å². The molecular weight excluding hydrogens is 208 g/mol. The maximum absolute atomic E-state index is 10.5. The number of nitrogens with one attached hydrogen (secondary N) is 2. The van der Waals surface area contributed by atoms with Gasteiger partial charge in [0.1, 0.15) is 0 Å². The first-order chi connectivity index (χ1) is 7.49. The maximum Gasteiger partial charge on any atom is 0.305 e. The maximum atomic E-state index is 10.5. The van der Waals surface area contributed by atoms with Crippen LogP contribution in [-0.2, 0) is 4.79 Å². The van der Waals surface area contributed by atoms with E-state index in [0.29, 0.717) is 5.69 Å². The third kappa shape index (κ3) is 3.58. The Morgan fingerprint density at radius 2 is 2.00 bits per heavy atom. The lowest BCUT2D eigenvalue weighted by molar-refractivity contribution is -0.137. The zero-order valence-electron chi connectivity index (χ0n) is 8.60. The molecule has 0 saturated heterocycles. The molecule has 0 saturated carbocycles. The lowest BCUT2D eigenvalue weighted by atomic mass is 10.0. The summed E-state index contributed by atoms with van der Waals surface area (Å²) in [7, 11) is 0. The van der Waals surface area contributed by atoms with E-state index in [-0.39, 0.29) is 12.4 Å². The molecular formula is C10H14N4O2. The predicted molar refractivity (Wildman–Crippen MR) is 61.2 cm³/mol. The van der Waals surface area contributed by atoms with Crippen LogP contribution in [0.1, 0.15) is 18.0 Å². The number of aliphatic carboxylic acids is 1. The van der Waals surface area contributed by atoms with Crippen molar-refractivity contribution < 1.29 is 9.90 Å². The van der Waals surface area contributed by atoms with E-state index in [1.54, 1.807) is 24.3 Å². The molecule has 1 atom stereocenters. The molecule has 1 aromatic rings.